The Bertz CT molecular complexity index is 744. The van der Waals surface area contributed by atoms with E-state index in [-0.39, 0.29) is 5.56 Å². The first-order valence-electron chi connectivity index (χ1n) is 7.01. The molecule has 2 rings (SSSR count). The Kier molecular flexibility index (Phi) is 5.47. The summed E-state index contributed by atoms with van der Waals surface area (Å²) in [5, 5.41) is 2.55. The van der Waals surface area contributed by atoms with Crippen molar-refractivity contribution < 1.29 is 27.8 Å². The molecule has 0 aliphatic heterocycles. The van der Waals surface area contributed by atoms with E-state index in [1.807, 2.05) is 0 Å². The van der Waals surface area contributed by atoms with Crippen molar-refractivity contribution in [1.82, 2.24) is 0 Å². The van der Waals surface area contributed by atoms with Gasteiger partial charge in [-0.05, 0) is 31.2 Å². The number of anilines is 1. The van der Waals surface area contributed by atoms with Crippen LogP contribution in [-0.4, -0.2) is 25.1 Å². The van der Waals surface area contributed by atoms with Gasteiger partial charge in [0.05, 0.1) is 12.7 Å². The Morgan fingerprint density at radius 3 is 2.38 bits per heavy atom. The maximum Gasteiger partial charge on any atom is 0.339 e. The molecule has 24 heavy (non-hydrogen) atoms. The van der Waals surface area contributed by atoms with E-state index < -0.39 is 29.6 Å². The molecule has 0 aliphatic rings. The van der Waals surface area contributed by atoms with Gasteiger partial charge in [0.1, 0.15) is 17.4 Å². The van der Waals surface area contributed by atoms with Gasteiger partial charge in [-0.2, -0.15) is 0 Å². The van der Waals surface area contributed by atoms with E-state index in [1.165, 1.54) is 14.0 Å². The number of hydrogen-bond donors (Lipinski definition) is 1. The monoisotopic (exact) mass is 335 g/mol. The van der Waals surface area contributed by atoms with Crippen LogP contribution in [0.5, 0.6) is 5.75 Å². The summed E-state index contributed by atoms with van der Waals surface area (Å²) < 4.78 is 36.2. The van der Waals surface area contributed by atoms with Crippen molar-refractivity contribution in [2.75, 3.05) is 12.4 Å². The van der Waals surface area contributed by atoms with Crippen molar-refractivity contribution in [1.29, 1.82) is 0 Å². The molecule has 1 atom stereocenters. The zero-order chi connectivity index (χ0) is 17.7. The number of rotatable bonds is 5. The molecule has 0 aromatic heterocycles. The van der Waals surface area contributed by atoms with Crippen LogP contribution in [0.4, 0.5) is 14.5 Å². The summed E-state index contributed by atoms with van der Waals surface area (Å²) in [4.78, 5) is 23.9. The van der Waals surface area contributed by atoms with Crippen molar-refractivity contribution in [3.8, 4) is 5.75 Å². The zero-order valence-electron chi connectivity index (χ0n) is 13.0. The van der Waals surface area contributed by atoms with Gasteiger partial charge in [0.2, 0.25) is 0 Å². The molecule has 0 spiro atoms. The highest BCUT2D eigenvalue weighted by Gasteiger charge is 2.20. The molecule has 0 saturated heterocycles. The van der Waals surface area contributed by atoms with Crippen LogP contribution in [0.1, 0.15) is 17.3 Å². The third kappa shape index (κ3) is 4.52. The summed E-state index contributed by atoms with van der Waals surface area (Å²) in [6.45, 7) is 1.35. The second-order valence-electron chi connectivity index (χ2n) is 4.93. The fourth-order valence-corrected chi connectivity index (χ4v) is 1.90. The summed E-state index contributed by atoms with van der Waals surface area (Å²) in [6, 6.07) is 8.91. The third-order valence-corrected chi connectivity index (χ3v) is 3.09. The van der Waals surface area contributed by atoms with Crippen LogP contribution in [0.2, 0.25) is 0 Å². The number of methoxy groups -OCH3 is 1. The van der Waals surface area contributed by atoms with Gasteiger partial charge in [-0.1, -0.05) is 6.07 Å². The molecule has 0 fully saturated rings. The molecule has 0 unspecified atom stereocenters. The van der Waals surface area contributed by atoms with Gasteiger partial charge in [0, 0.05) is 17.8 Å². The quantitative estimate of drug-likeness (QED) is 0.853. The first-order chi connectivity index (χ1) is 11.4. The predicted molar refractivity (Wildman–Crippen MR) is 82.9 cm³/mol. The molecule has 126 valence electrons. The Balaban J connectivity index is 2.01. The van der Waals surface area contributed by atoms with Crippen LogP contribution in [0.25, 0.3) is 0 Å². The first kappa shape index (κ1) is 17.4. The van der Waals surface area contributed by atoms with Gasteiger partial charge in [0.25, 0.3) is 5.91 Å². The number of hydrogen-bond acceptors (Lipinski definition) is 4. The van der Waals surface area contributed by atoms with Crippen LogP contribution in [0.15, 0.2) is 42.5 Å². The Morgan fingerprint density at radius 1 is 1.08 bits per heavy atom. The van der Waals surface area contributed by atoms with Crippen molar-refractivity contribution in [2.45, 2.75) is 13.0 Å². The molecule has 0 bridgehead atoms. The average molecular weight is 335 g/mol. The van der Waals surface area contributed by atoms with Crippen LogP contribution >= 0.6 is 0 Å². The van der Waals surface area contributed by atoms with E-state index in [0.717, 1.165) is 12.1 Å². The van der Waals surface area contributed by atoms with Crippen LogP contribution < -0.4 is 10.1 Å². The molecule has 1 amide bonds. The highest BCUT2D eigenvalue weighted by Crippen LogP contribution is 2.17. The van der Waals surface area contributed by atoms with Crippen LogP contribution in [0.3, 0.4) is 0 Å². The number of benzene rings is 2. The topological polar surface area (TPSA) is 64.6 Å². The maximum atomic E-state index is 13.1. The fourth-order valence-electron chi connectivity index (χ4n) is 1.90. The lowest BCUT2D eigenvalue weighted by atomic mass is 10.2. The Hall–Kier alpha value is -2.96. The lowest BCUT2D eigenvalue weighted by Crippen LogP contribution is -2.30. The van der Waals surface area contributed by atoms with Crippen molar-refractivity contribution in [3.05, 3.63) is 59.7 Å². The lowest BCUT2D eigenvalue weighted by Gasteiger charge is -2.14. The molecule has 0 aliphatic carbocycles. The van der Waals surface area contributed by atoms with E-state index >= 15 is 0 Å². The largest absolute Gasteiger partial charge is 0.497 e. The molecule has 0 heterocycles. The summed E-state index contributed by atoms with van der Waals surface area (Å²) >= 11 is 0. The number of nitrogens with one attached hydrogen (secondary N) is 1. The molecule has 0 radical (unpaired) electrons. The van der Waals surface area contributed by atoms with Gasteiger partial charge in [-0.25, -0.2) is 13.6 Å². The zero-order valence-corrected chi connectivity index (χ0v) is 13.0. The first-order valence-corrected chi connectivity index (χ1v) is 7.01. The summed E-state index contributed by atoms with van der Waals surface area (Å²) in [7, 11) is 1.49. The molecular formula is C17H15F2NO4. The third-order valence-electron chi connectivity index (χ3n) is 3.09. The number of carbonyl (C=O) groups is 2. The van der Waals surface area contributed by atoms with E-state index in [0.29, 0.717) is 17.5 Å². The van der Waals surface area contributed by atoms with Crippen molar-refractivity contribution in [2.24, 2.45) is 0 Å². The van der Waals surface area contributed by atoms with Gasteiger partial charge in [-0.3, -0.25) is 4.79 Å². The molecule has 2 aromatic carbocycles. The SMILES string of the molecule is COc1cccc(NC(=O)[C@H](C)OC(=O)c2cc(F)cc(F)c2)c1. The van der Waals surface area contributed by atoms with Gasteiger partial charge in [0.15, 0.2) is 6.10 Å². The molecular weight excluding hydrogens is 320 g/mol. The van der Waals surface area contributed by atoms with E-state index in [9.17, 15) is 18.4 Å². The van der Waals surface area contributed by atoms with Crippen molar-refractivity contribution >= 4 is 17.6 Å². The maximum absolute atomic E-state index is 13.1. The van der Waals surface area contributed by atoms with Crippen LogP contribution in [0, 0.1) is 11.6 Å². The van der Waals surface area contributed by atoms with E-state index in [4.69, 9.17) is 9.47 Å². The van der Waals surface area contributed by atoms with Crippen molar-refractivity contribution in [3.63, 3.8) is 0 Å². The summed E-state index contributed by atoms with van der Waals surface area (Å²) in [5.74, 6) is -2.85. The standard InChI is InChI=1S/C17H15F2NO4/c1-10(16(21)20-14-4-3-5-15(9-14)23-2)24-17(22)11-6-12(18)8-13(19)7-11/h3-10H,1-2H3,(H,20,21)/t10-/m0/s1. The molecule has 5 nitrogen and oxygen atoms in total. The average Bonchev–Trinajstić information content (AvgIpc) is 2.54. The number of carbonyl (C=O) groups excluding carboxylic acids is 2. The minimum absolute atomic E-state index is 0.312. The Morgan fingerprint density at radius 2 is 1.75 bits per heavy atom. The fraction of sp³-hybridized carbons (Fsp3) is 0.176. The van der Waals surface area contributed by atoms with E-state index in [1.54, 1.807) is 24.3 Å². The normalized spacial score (nSPS) is 11.5. The number of amides is 1. The van der Waals surface area contributed by atoms with Gasteiger partial charge >= 0.3 is 5.97 Å². The number of esters is 1. The van der Waals surface area contributed by atoms with E-state index in [2.05, 4.69) is 5.32 Å². The lowest BCUT2D eigenvalue weighted by molar-refractivity contribution is -0.123. The minimum Gasteiger partial charge on any atom is -0.497 e. The molecule has 2 aromatic rings. The Labute approximate surface area is 137 Å². The highest BCUT2D eigenvalue weighted by atomic mass is 19.1. The summed E-state index contributed by atoms with van der Waals surface area (Å²) in [6.07, 6.45) is -1.16. The number of halogens is 2. The summed E-state index contributed by atoms with van der Waals surface area (Å²) in [5.41, 5.74) is 0.146. The minimum atomic E-state index is -1.16. The van der Waals surface area contributed by atoms with Gasteiger partial charge in [-0.15, -0.1) is 0 Å². The highest BCUT2D eigenvalue weighted by molar-refractivity contribution is 5.97. The molecule has 7 heteroatoms. The smallest absolute Gasteiger partial charge is 0.339 e. The molecule has 0 saturated carbocycles. The second kappa shape index (κ2) is 7.54. The predicted octanol–water partition coefficient (Wildman–Crippen LogP) is 3.16. The van der Waals surface area contributed by atoms with Gasteiger partial charge < -0.3 is 14.8 Å². The van der Waals surface area contributed by atoms with Crippen LogP contribution in [-0.2, 0) is 9.53 Å². The molecule has 1 N–H and O–H groups in total. The second-order valence-corrected chi connectivity index (χ2v) is 4.93. The number of ether oxygens (including phenoxy) is 2.